The number of carboxylic acids is 1. The molecule has 1 aliphatic heterocycles. The van der Waals surface area contributed by atoms with Gasteiger partial charge < -0.3 is 10.2 Å². The van der Waals surface area contributed by atoms with Crippen LogP contribution in [-0.2, 0) is 10.0 Å². The maximum Gasteiger partial charge on any atom is 0.339 e. The molecule has 0 amide bonds. The lowest BCUT2D eigenvalue weighted by atomic mass is 10.2. The number of phenols is 1. The van der Waals surface area contributed by atoms with Gasteiger partial charge in [-0.25, -0.2) is 13.2 Å². The third-order valence-electron chi connectivity index (χ3n) is 3.22. The van der Waals surface area contributed by atoms with Crippen LogP contribution in [0.15, 0.2) is 23.1 Å². The summed E-state index contributed by atoms with van der Waals surface area (Å²) < 4.78 is 26.0. The Balaban J connectivity index is 2.41. The lowest BCUT2D eigenvalue weighted by molar-refractivity contribution is 0.0693. The Morgan fingerprint density at radius 2 is 2.11 bits per heavy atom. The topological polar surface area (TPSA) is 94.9 Å². The molecule has 1 aliphatic rings. The summed E-state index contributed by atoms with van der Waals surface area (Å²) in [6.45, 7) is 2.84. The predicted molar refractivity (Wildman–Crippen MR) is 67.6 cm³/mol. The fourth-order valence-corrected chi connectivity index (χ4v) is 3.71. The molecule has 0 saturated carbocycles. The lowest BCUT2D eigenvalue weighted by Crippen LogP contribution is -2.28. The minimum atomic E-state index is -3.69. The van der Waals surface area contributed by atoms with Crippen molar-refractivity contribution in [3.8, 4) is 5.75 Å². The molecule has 2 rings (SSSR count). The number of aromatic carboxylic acids is 1. The summed E-state index contributed by atoms with van der Waals surface area (Å²) in [6, 6.07) is 3.31. The van der Waals surface area contributed by atoms with Crippen LogP contribution in [-0.4, -0.2) is 42.0 Å². The van der Waals surface area contributed by atoms with Crippen molar-refractivity contribution in [1.29, 1.82) is 0 Å². The maximum absolute atomic E-state index is 12.3. The van der Waals surface area contributed by atoms with Gasteiger partial charge in [-0.3, -0.25) is 0 Å². The number of nitrogens with zero attached hydrogens (tertiary/aromatic N) is 1. The van der Waals surface area contributed by atoms with Crippen LogP contribution in [0.1, 0.15) is 23.7 Å². The van der Waals surface area contributed by atoms with Crippen LogP contribution in [0.3, 0.4) is 0 Å². The van der Waals surface area contributed by atoms with E-state index < -0.39 is 27.3 Å². The molecule has 1 aromatic rings. The molecule has 6 nitrogen and oxygen atoms in total. The predicted octanol–water partition coefficient (Wildman–Crippen LogP) is 1.12. The summed E-state index contributed by atoms with van der Waals surface area (Å²) in [5.41, 5.74) is -0.409. The van der Waals surface area contributed by atoms with Gasteiger partial charge in [0.2, 0.25) is 10.0 Å². The van der Waals surface area contributed by atoms with E-state index in [1.54, 1.807) is 0 Å². The van der Waals surface area contributed by atoms with E-state index in [1.807, 2.05) is 6.92 Å². The molecule has 104 valence electrons. The third-order valence-corrected chi connectivity index (χ3v) is 5.08. The number of benzene rings is 1. The Bertz CT molecular complexity index is 611. The van der Waals surface area contributed by atoms with Gasteiger partial charge in [-0.2, -0.15) is 4.31 Å². The third kappa shape index (κ3) is 2.57. The van der Waals surface area contributed by atoms with E-state index in [1.165, 1.54) is 10.4 Å². The summed E-state index contributed by atoms with van der Waals surface area (Å²) in [7, 11) is -3.69. The summed E-state index contributed by atoms with van der Waals surface area (Å²) in [5.74, 6) is -1.50. The van der Waals surface area contributed by atoms with E-state index in [4.69, 9.17) is 5.11 Å². The number of carboxylic acid groups (broad SMARTS) is 1. The van der Waals surface area contributed by atoms with Crippen LogP contribution in [0.4, 0.5) is 0 Å². The van der Waals surface area contributed by atoms with Gasteiger partial charge in [-0.15, -0.1) is 0 Å². The fourth-order valence-electron chi connectivity index (χ4n) is 2.11. The number of aromatic hydroxyl groups is 1. The average molecular weight is 285 g/mol. The molecule has 0 radical (unpaired) electrons. The molecule has 1 saturated heterocycles. The maximum atomic E-state index is 12.3. The van der Waals surface area contributed by atoms with E-state index in [-0.39, 0.29) is 4.90 Å². The van der Waals surface area contributed by atoms with Crippen molar-refractivity contribution >= 4 is 16.0 Å². The van der Waals surface area contributed by atoms with Gasteiger partial charge in [0.25, 0.3) is 0 Å². The zero-order valence-electron chi connectivity index (χ0n) is 10.4. The molecular weight excluding hydrogens is 270 g/mol. The molecule has 1 unspecified atom stereocenters. The lowest BCUT2D eigenvalue weighted by Gasteiger charge is -2.16. The van der Waals surface area contributed by atoms with Crippen molar-refractivity contribution in [3.05, 3.63) is 23.8 Å². The first kappa shape index (κ1) is 13.8. The first-order valence-corrected chi connectivity index (χ1v) is 7.33. The van der Waals surface area contributed by atoms with Gasteiger partial charge in [-0.05, 0) is 30.5 Å². The van der Waals surface area contributed by atoms with Crippen molar-refractivity contribution < 1.29 is 23.4 Å². The fraction of sp³-hybridized carbons (Fsp3) is 0.417. The molecule has 0 aliphatic carbocycles. The van der Waals surface area contributed by atoms with Crippen LogP contribution in [0.25, 0.3) is 0 Å². The van der Waals surface area contributed by atoms with E-state index in [0.717, 1.165) is 18.6 Å². The molecular formula is C12H15NO5S. The SMILES string of the molecule is CC1CCN(S(=O)(=O)c2ccc(O)c(C(=O)O)c2)C1. The molecule has 1 heterocycles. The number of sulfonamides is 1. The molecule has 0 aromatic heterocycles. The highest BCUT2D eigenvalue weighted by molar-refractivity contribution is 7.89. The average Bonchev–Trinajstić information content (AvgIpc) is 2.76. The Morgan fingerprint density at radius 1 is 1.42 bits per heavy atom. The molecule has 0 spiro atoms. The summed E-state index contributed by atoms with van der Waals surface area (Å²) in [6.07, 6.45) is 0.795. The van der Waals surface area contributed by atoms with Crippen molar-refractivity contribution in [1.82, 2.24) is 4.31 Å². The van der Waals surface area contributed by atoms with E-state index in [2.05, 4.69) is 0 Å². The summed E-state index contributed by atoms with van der Waals surface area (Å²) >= 11 is 0. The van der Waals surface area contributed by atoms with E-state index in [9.17, 15) is 18.3 Å². The number of carbonyl (C=O) groups is 1. The van der Waals surface area contributed by atoms with E-state index in [0.29, 0.717) is 19.0 Å². The molecule has 1 fully saturated rings. The smallest absolute Gasteiger partial charge is 0.339 e. The summed E-state index contributed by atoms with van der Waals surface area (Å²) in [5, 5.41) is 18.3. The van der Waals surface area contributed by atoms with Gasteiger partial charge in [0.1, 0.15) is 11.3 Å². The number of rotatable bonds is 3. The number of hydrogen-bond donors (Lipinski definition) is 2. The Labute approximate surface area is 111 Å². The molecule has 7 heteroatoms. The van der Waals surface area contributed by atoms with Gasteiger partial charge in [0.15, 0.2) is 0 Å². The Morgan fingerprint density at radius 3 is 2.63 bits per heavy atom. The van der Waals surface area contributed by atoms with Crippen molar-refractivity contribution in [2.75, 3.05) is 13.1 Å². The zero-order chi connectivity index (χ0) is 14.2. The van der Waals surface area contributed by atoms with Gasteiger partial charge in [0.05, 0.1) is 4.90 Å². The molecule has 0 bridgehead atoms. The van der Waals surface area contributed by atoms with Crippen LogP contribution in [0, 0.1) is 5.92 Å². The van der Waals surface area contributed by atoms with Crippen molar-refractivity contribution in [2.24, 2.45) is 5.92 Å². The minimum Gasteiger partial charge on any atom is -0.507 e. The molecule has 1 aromatic carbocycles. The second kappa shape index (κ2) is 4.82. The van der Waals surface area contributed by atoms with Gasteiger partial charge >= 0.3 is 5.97 Å². The van der Waals surface area contributed by atoms with Crippen molar-refractivity contribution in [2.45, 2.75) is 18.2 Å². The molecule has 1 atom stereocenters. The second-order valence-electron chi connectivity index (χ2n) is 4.74. The van der Waals surface area contributed by atoms with Crippen LogP contribution < -0.4 is 0 Å². The monoisotopic (exact) mass is 285 g/mol. The highest BCUT2D eigenvalue weighted by Crippen LogP contribution is 2.27. The van der Waals surface area contributed by atoms with Crippen LogP contribution in [0.2, 0.25) is 0 Å². The van der Waals surface area contributed by atoms with Crippen molar-refractivity contribution in [3.63, 3.8) is 0 Å². The molecule has 19 heavy (non-hydrogen) atoms. The highest BCUT2D eigenvalue weighted by atomic mass is 32.2. The number of hydrogen-bond acceptors (Lipinski definition) is 4. The highest BCUT2D eigenvalue weighted by Gasteiger charge is 2.31. The quantitative estimate of drug-likeness (QED) is 0.867. The molecule has 2 N–H and O–H groups in total. The minimum absolute atomic E-state index is 0.100. The van der Waals surface area contributed by atoms with Gasteiger partial charge in [-0.1, -0.05) is 6.92 Å². The summed E-state index contributed by atoms with van der Waals surface area (Å²) in [4.78, 5) is 10.8. The standard InChI is InChI=1S/C12H15NO5S/c1-8-4-5-13(7-8)19(17,18)9-2-3-11(14)10(6-9)12(15)16/h2-3,6,8,14H,4-5,7H2,1H3,(H,15,16). The normalized spacial score (nSPS) is 20.6. The van der Waals surface area contributed by atoms with Gasteiger partial charge in [0, 0.05) is 13.1 Å². The second-order valence-corrected chi connectivity index (χ2v) is 6.68. The first-order chi connectivity index (χ1) is 8.82. The van der Waals surface area contributed by atoms with E-state index >= 15 is 0 Å². The van der Waals surface area contributed by atoms with Crippen LogP contribution >= 0.6 is 0 Å². The first-order valence-electron chi connectivity index (χ1n) is 5.89. The largest absolute Gasteiger partial charge is 0.507 e. The Hall–Kier alpha value is -1.60. The Kier molecular flexibility index (Phi) is 3.51. The van der Waals surface area contributed by atoms with Crippen LogP contribution in [0.5, 0.6) is 5.75 Å². The zero-order valence-corrected chi connectivity index (χ0v) is 11.2.